The van der Waals surface area contributed by atoms with E-state index in [9.17, 15) is 0 Å². The van der Waals surface area contributed by atoms with Gasteiger partial charge in [-0.05, 0) is 57.4 Å². The Kier molecular flexibility index (Phi) is 10.7. The number of rotatable bonds is 12. The Morgan fingerprint density at radius 2 is 1.52 bits per heavy atom. The molecule has 21 heavy (non-hydrogen) atoms. The van der Waals surface area contributed by atoms with E-state index in [4.69, 9.17) is 4.43 Å². The molecule has 1 rings (SSSR count). The fourth-order valence-corrected chi connectivity index (χ4v) is 4.61. The van der Waals surface area contributed by atoms with Gasteiger partial charge in [-0.2, -0.15) is 0 Å². The molecule has 0 aromatic carbocycles. The van der Waals surface area contributed by atoms with Crippen LogP contribution in [0.25, 0.3) is 0 Å². The average Bonchev–Trinajstić information content (AvgIpc) is 2.50. The van der Waals surface area contributed by atoms with Crippen LogP contribution >= 0.6 is 0 Å². The second kappa shape index (κ2) is 11.7. The van der Waals surface area contributed by atoms with E-state index in [0.29, 0.717) is 0 Å². The molecule has 1 saturated carbocycles. The van der Waals surface area contributed by atoms with Gasteiger partial charge in [-0.3, -0.25) is 0 Å². The largest absolute Gasteiger partial charge is 0.420 e. The van der Waals surface area contributed by atoms with E-state index in [2.05, 4.69) is 18.4 Å². The molecule has 0 spiro atoms. The highest BCUT2D eigenvalue weighted by atomic mass is 28.4. The molecule has 126 valence electrons. The molecule has 0 unspecified atom stereocenters. The van der Waals surface area contributed by atoms with Crippen molar-refractivity contribution >= 4 is 8.32 Å². The van der Waals surface area contributed by atoms with Crippen molar-refractivity contribution in [1.82, 2.24) is 5.32 Å². The summed E-state index contributed by atoms with van der Waals surface area (Å²) >= 11 is 0. The van der Waals surface area contributed by atoms with Crippen LogP contribution in [0, 0.1) is 5.92 Å². The molecular formula is C18H39NOSi. The van der Waals surface area contributed by atoms with Gasteiger partial charge in [-0.25, -0.2) is 0 Å². The summed E-state index contributed by atoms with van der Waals surface area (Å²) < 4.78 is 5.59. The lowest BCUT2D eigenvalue weighted by Gasteiger charge is -2.21. The van der Waals surface area contributed by atoms with E-state index in [0.717, 1.165) is 5.92 Å². The van der Waals surface area contributed by atoms with Crippen molar-refractivity contribution in [2.24, 2.45) is 5.92 Å². The van der Waals surface area contributed by atoms with Crippen molar-refractivity contribution in [3.63, 3.8) is 0 Å². The van der Waals surface area contributed by atoms with Crippen molar-refractivity contribution in [3.8, 4) is 0 Å². The zero-order chi connectivity index (χ0) is 15.4. The highest BCUT2D eigenvalue weighted by molar-refractivity contribution is 6.71. The number of nitrogens with one attached hydrogen (secondary N) is 1. The maximum Gasteiger partial charge on any atom is 0.186 e. The van der Waals surface area contributed by atoms with E-state index in [1.807, 2.05) is 7.11 Å². The molecule has 1 aliphatic rings. The summed E-state index contributed by atoms with van der Waals surface area (Å²) in [5.41, 5.74) is 0. The normalized spacial score (nSPS) is 17.3. The standard InChI is InChI=1S/C18H39NOSi/c1-20-21(2,3)16-12-7-5-4-6-11-15-19-17-18-13-9-8-10-14-18/h18-19H,4-17H2,1-3H3. The van der Waals surface area contributed by atoms with E-state index in [1.165, 1.54) is 89.8 Å². The first kappa shape index (κ1) is 19.2. The Morgan fingerprint density at radius 3 is 2.19 bits per heavy atom. The van der Waals surface area contributed by atoms with Crippen molar-refractivity contribution in [3.05, 3.63) is 0 Å². The molecule has 3 heteroatoms. The molecule has 1 aliphatic carbocycles. The van der Waals surface area contributed by atoms with Crippen molar-refractivity contribution in [1.29, 1.82) is 0 Å². The maximum absolute atomic E-state index is 5.59. The minimum absolute atomic E-state index is 0.979. The molecule has 0 aromatic heterocycles. The molecule has 0 amide bonds. The third-order valence-corrected chi connectivity index (χ3v) is 7.76. The van der Waals surface area contributed by atoms with Gasteiger partial charge < -0.3 is 9.74 Å². The number of unbranched alkanes of at least 4 members (excludes halogenated alkanes) is 5. The molecular weight excluding hydrogens is 274 g/mol. The summed E-state index contributed by atoms with van der Waals surface area (Å²) in [5, 5.41) is 3.67. The van der Waals surface area contributed by atoms with Crippen LogP contribution < -0.4 is 5.32 Å². The Hall–Kier alpha value is 0.137. The minimum Gasteiger partial charge on any atom is -0.420 e. The summed E-state index contributed by atoms with van der Waals surface area (Å²) in [6, 6.07) is 1.33. The van der Waals surface area contributed by atoms with Gasteiger partial charge in [0.1, 0.15) is 0 Å². The van der Waals surface area contributed by atoms with E-state index in [1.54, 1.807) is 0 Å². The number of hydrogen-bond donors (Lipinski definition) is 1. The van der Waals surface area contributed by atoms with E-state index in [-0.39, 0.29) is 0 Å². The zero-order valence-electron chi connectivity index (χ0n) is 14.9. The van der Waals surface area contributed by atoms with Gasteiger partial charge in [0.15, 0.2) is 8.32 Å². The lowest BCUT2D eigenvalue weighted by Crippen LogP contribution is -2.27. The van der Waals surface area contributed by atoms with Gasteiger partial charge in [0.2, 0.25) is 0 Å². The Bertz CT molecular complexity index is 239. The maximum atomic E-state index is 5.59. The Morgan fingerprint density at radius 1 is 0.905 bits per heavy atom. The van der Waals surface area contributed by atoms with E-state index < -0.39 is 8.32 Å². The molecule has 0 aliphatic heterocycles. The topological polar surface area (TPSA) is 21.3 Å². The van der Waals surface area contributed by atoms with Crippen LogP contribution in [0.15, 0.2) is 0 Å². The smallest absolute Gasteiger partial charge is 0.186 e. The predicted octanol–water partition coefficient (Wildman–Crippen LogP) is 5.35. The second-order valence-corrected chi connectivity index (χ2v) is 12.0. The van der Waals surface area contributed by atoms with Gasteiger partial charge in [0.05, 0.1) is 0 Å². The molecule has 2 nitrogen and oxygen atoms in total. The van der Waals surface area contributed by atoms with Gasteiger partial charge in [-0.15, -0.1) is 0 Å². The Balaban J connectivity index is 1.78. The monoisotopic (exact) mass is 313 g/mol. The van der Waals surface area contributed by atoms with Gasteiger partial charge in [0.25, 0.3) is 0 Å². The summed E-state index contributed by atoms with van der Waals surface area (Å²) in [6.07, 6.45) is 15.7. The lowest BCUT2D eigenvalue weighted by atomic mass is 9.89. The molecule has 0 saturated heterocycles. The molecule has 0 atom stereocenters. The van der Waals surface area contributed by atoms with Gasteiger partial charge in [-0.1, -0.05) is 51.4 Å². The first-order valence-electron chi connectivity index (χ1n) is 9.40. The average molecular weight is 314 g/mol. The van der Waals surface area contributed by atoms with Crippen LogP contribution in [0.2, 0.25) is 19.1 Å². The predicted molar refractivity (Wildman–Crippen MR) is 96.4 cm³/mol. The fourth-order valence-electron chi connectivity index (χ4n) is 3.31. The molecule has 0 radical (unpaired) electrons. The van der Waals surface area contributed by atoms with Crippen LogP contribution in [-0.2, 0) is 4.43 Å². The second-order valence-electron chi connectivity index (χ2n) is 7.54. The van der Waals surface area contributed by atoms with Gasteiger partial charge >= 0.3 is 0 Å². The van der Waals surface area contributed by atoms with Gasteiger partial charge in [0, 0.05) is 7.11 Å². The van der Waals surface area contributed by atoms with E-state index >= 15 is 0 Å². The van der Waals surface area contributed by atoms with Crippen LogP contribution in [-0.4, -0.2) is 28.5 Å². The quantitative estimate of drug-likeness (QED) is 0.387. The lowest BCUT2D eigenvalue weighted by molar-refractivity contribution is 0.341. The minimum atomic E-state index is -1.29. The van der Waals surface area contributed by atoms with Crippen molar-refractivity contribution in [2.45, 2.75) is 89.8 Å². The molecule has 1 N–H and O–H groups in total. The third-order valence-electron chi connectivity index (χ3n) is 5.09. The zero-order valence-corrected chi connectivity index (χ0v) is 15.9. The highest BCUT2D eigenvalue weighted by Gasteiger charge is 2.19. The molecule has 1 fully saturated rings. The first-order chi connectivity index (χ1) is 10.1. The summed E-state index contributed by atoms with van der Waals surface area (Å²) in [7, 11) is 0.591. The summed E-state index contributed by atoms with van der Waals surface area (Å²) in [6.45, 7) is 7.16. The van der Waals surface area contributed by atoms with Crippen LogP contribution in [0.5, 0.6) is 0 Å². The third kappa shape index (κ3) is 10.5. The van der Waals surface area contributed by atoms with Crippen molar-refractivity contribution in [2.75, 3.05) is 20.2 Å². The first-order valence-corrected chi connectivity index (χ1v) is 12.5. The Labute approximate surface area is 134 Å². The van der Waals surface area contributed by atoms with Crippen LogP contribution in [0.3, 0.4) is 0 Å². The molecule has 0 aromatic rings. The summed E-state index contributed by atoms with van der Waals surface area (Å²) in [5.74, 6) is 0.979. The van der Waals surface area contributed by atoms with Crippen molar-refractivity contribution < 1.29 is 4.43 Å². The highest BCUT2D eigenvalue weighted by Crippen LogP contribution is 2.22. The summed E-state index contributed by atoms with van der Waals surface area (Å²) in [4.78, 5) is 0. The fraction of sp³-hybridized carbons (Fsp3) is 1.00. The van der Waals surface area contributed by atoms with Crippen LogP contribution in [0.1, 0.15) is 70.6 Å². The van der Waals surface area contributed by atoms with Crippen LogP contribution in [0.4, 0.5) is 0 Å². The SMILES string of the molecule is CO[Si](C)(C)CCCCCCCCNCC1CCCCC1. The molecule has 0 bridgehead atoms. The molecule has 0 heterocycles. The number of hydrogen-bond acceptors (Lipinski definition) is 2.